The van der Waals surface area contributed by atoms with Gasteiger partial charge in [0.05, 0.1) is 0 Å². The number of nitrogens with one attached hydrogen (secondary N) is 2. The summed E-state index contributed by atoms with van der Waals surface area (Å²) < 4.78 is 0. The van der Waals surface area contributed by atoms with Gasteiger partial charge >= 0.3 is 0 Å². The zero-order valence-electron chi connectivity index (χ0n) is 12.1. The molecule has 0 saturated carbocycles. The van der Waals surface area contributed by atoms with Crippen LogP contribution in [0.1, 0.15) is 5.56 Å². The van der Waals surface area contributed by atoms with Crippen molar-refractivity contribution < 1.29 is 9.90 Å². The van der Waals surface area contributed by atoms with E-state index in [1.807, 2.05) is 6.07 Å². The zero-order chi connectivity index (χ0) is 16.7. The van der Waals surface area contributed by atoms with Crippen LogP contribution in [-0.2, 0) is 11.3 Å². The van der Waals surface area contributed by atoms with E-state index in [0.29, 0.717) is 17.3 Å². The molecular weight excluding hydrogens is 314 g/mol. The van der Waals surface area contributed by atoms with Crippen molar-refractivity contribution in [3.8, 4) is 11.8 Å². The van der Waals surface area contributed by atoms with Crippen LogP contribution in [0.2, 0.25) is 5.02 Å². The molecule has 0 aliphatic heterocycles. The summed E-state index contributed by atoms with van der Waals surface area (Å²) in [5, 5.41) is 24.4. The third-order valence-corrected chi connectivity index (χ3v) is 3.23. The van der Waals surface area contributed by atoms with Crippen molar-refractivity contribution in [3.05, 3.63) is 70.9 Å². The first-order valence-corrected chi connectivity index (χ1v) is 7.15. The van der Waals surface area contributed by atoms with Gasteiger partial charge in [-0.05, 0) is 42.0 Å². The first-order chi connectivity index (χ1) is 11.1. The molecule has 0 aliphatic rings. The van der Waals surface area contributed by atoms with Crippen LogP contribution in [-0.4, -0.2) is 11.0 Å². The van der Waals surface area contributed by atoms with Crippen LogP contribution in [0.5, 0.6) is 5.75 Å². The number of carbonyl (C=O) groups excluding carboxylic acids is 1. The number of rotatable bonds is 5. The number of nitriles is 1. The van der Waals surface area contributed by atoms with Gasteiger partial charge in [-0.1, -0.05) is 23.7 Å². The minimum absolute atomic E-state index is 0.0490. The van der Waals surface area contributed by atoms with Crippen molar-refractivity contribution in [2.24, 2.45) is 0 Å². The minimum atomic E-state index is -0.478. The summed E-state index contributed by atoms with van der Waals surface area (Å²) in [6, 6.07) is 15.2. The summed E-state index contributed by atoms with van der Waals surface area (Å²) in [5.74, 6) is -0.338. The second-order valence-electron chi connectivity index (χ2n) is 4.67. The predicted molar refractivity (Wildman–Crippen MR) is 88.7 cm³/mol. The molecule has 0 aliphatic carbocycles. The van der Waals surface area contributed by atoms with Gasteiger partial charge in [-0.25, -0.2) is 0 Å². The Morgan fingerprint density at radius 2 is 1.83 bits per heavy atom. The number of benzene rings is 2. The van der Waals surface area contributed by atoms with Crippen LogP contribution in [0.15, 0.2) is 60.3 Å². The molecule has 6 heteroatoms. The Hall–Kier alpha value is -2.97. The monoisotopic (exact) mass is 327 g/mol. The van der Waals surface area contributed by atoms with Crippen molar-refractivity contribution in [3.63, 3.8) is 0 Å². The normalized spacial score (nSPS) is 10.7. The van der Waals surface area contributed by atoms with Crippen molar-refractivity contribution in [1.29, 1.82) is 5.26 Å². The molecule has 116 valence electrons. The number of hydrogen-bond donors (Lipinski definition) is 3. The summed E-state index contributed by atoms with van der Waals surface area (Å²) in [5.41, 5.74) is 1.49. The molecule has 3 N–H and O–H groups in total. The van der Waals surface area contributed by atoms with E-state index in [1.165, 1.54) is 18.3 Å². The number of halogens is 1. The smallest absolute Gasteiger partial charge is 0.263 e. The maximum atomic E-state index is 12.0. The van der Waals surface area contributed by atoms with Crippen LogP contribution >= 0.6 is 11.6 Å². The average molecular weight is 328 g/mol. The van der Waals surface area contributed by atoms with Crippen molar-refractivity contribution in [2.45, 2.75) is 6.54 Å². The molecule has 0 fully saturated rings. The van der Waals surface area contributed by atoms with Gasteiger partial charge in [0.25, 0.3) is 5.91 Å². The second kappa shape index (κ2) is 7.87. The summed E-state index contributed by atoms with van der Waals surface area (Å²) in [6.45, 7) is 0.300. The van der Waals surface area contributed by atoms with Crippen LogP contribution in [0.4, 0.5) is 5.69 Å². The molecule has 0 spiro atoms. The van der Waals surface area contributed by atoms with Crippen LogP contribution < -0.4 is 10.6 Å². The lowest BCUT2D eigenvalue weighted by molar-refractivity contribution is -0.117. The molecule has 2 aromatic carbocycles. The molecule has 0 bridgehead atoms. The molecular formula is C17H14ClN3O2. The number of nitrogens with zero attached hydrogens (tertiary/aromatic N) is 1. The summed E-state index contributed by atoms with van der Waals surface area (Å²) in [6.07, 6.45) is 1.32. The maximum Gasteiger partial charge on any atom is 0.263 e. The van der Waals surface area contributed by atoms with Crippen LogP contribution in [0.3, 0.4) is 0 Å². The van der Waals surface area contributed by atoms with Crippen molar-refractivity contribution in [1.82, 2.24) is 5.32 Å². The molecule has 5 nitrogen and oxygen atoms in total. The van der Waals surface area contributed by atoms with Crippen LogP contribution in [0, 0.1) is 11.3 Å². The van der Waals surface area contributed by atoms with Gasteiger partial charge in [-0.2, -0.15) is 5.26 Å². The van der Waals surface area contributed by atoms with Gasteiger partial charge in [0.15, 0.2) is 0 Å². The lowest BCUT2D eigenvalue weighted by atomic mass is 10.2. The highest BCUT2D eigenvalue weighted by Crippen LogP contribution is 2.14. The largest absolute Gasteiger partial charge is 0.508 e. The predicted octanol–water partition coefficient (Wildman–Crippen LogP) is 3.18. The van der Waals surface area contributed by atoms with E-state index in [0.717, 1.165) is 5.56 Å². The summed E-state index contributed by atoms with van der Waals surface area (Å²) in [7, 11) is 0. The zero-order valence-corrected chi connectivity index (χ0v) is 12.8. The molecule has 0 saturated heterocycles. The molecule has 0 atom stereocenters. The van der Waals surface area contributed by atoms with Gasteiger partial charge in [0.2, 0.25) is 0 Å². The van der Waals surface area contributed by atoms with E-state index >= 15 is 0 Å². The number of phenols is 1. The molecule has 23 heavy (non-hydrogen) atoms. The second-order valence-corrected chi connectivity index (χ2v) is 5.11. The Kier molecular flexibility index (Phi) is 5.61. The van der Waals surface area contributed by atoms with Gasteiger partial charge in [-0.3, -0.25) is 4.79 Å². The molecule has 0 aromatic heterocycles. The van der Waals surface area contributed by atoms with Gasteiger partial charge in [-0.15, -0.1) is 0 Å². The number of phenolic OH excluding ortho intramolecular Hbond substituents is 1. The number of aromatic hydroxyl groups is 1. The van der Waals surface area contributed by atoms with Gasteiger partial charge in [0, 0.05) is 23.5 Å². The van der Waals surface area contributed by atoms with Crippen LogP contribution in [0.25, 0.3) is 0 Å². The Bertz CT molecular complexity index is 747. The number of carbonyl (C=O) groups is 1. The lowest BCUT2D eigenvalue weighted by Crippen LogP contribution is -2.24. The minimum Gasteiger partial charge on any atom is -0.508 e. The maximum absolute atomic E-state index is 12.0. The standard InChI is InChI=1S/C17H14ClN3O2/c18-14-3-1-12(2-4-14)10-21-17(23)13(9-19)11-20-15-5-7-16(22)8-6-15/h1-8,11,20,22H,10H2,(H,21,23)/b13-11-. The highest BCUT2D eigenvalue weighted by atomic mass is 35.5. The van der Waals surface area contributed by atoms with E-state index in [4.69, 9.17) is 16.9 Å². The Labute approximate surface area is 138 Å². The highest BCUT2D eigenvalue weighted by molar-refractivity contribution is 6.30. The SMILES string of the molecule is N#C/C(=C/Nc1ccc(O)cc1)C(=O)NCc1ccc(Cl)cc1. The summed E-state index contributed by atoms with van der Waals surface area (Å²) >= 11 is 5.79. The van der Waals surface area contributed by atoms with Crippen molar-refractivity contribution >= 4 is 23.2 Å². The third kappa shape index (κ3) is 5.06. The molecule has 2 aromatic rings. The Morgan fingerprint density at radius 3 is 2.43 bits per heavy atom. The number of hydrogen-bond acceptors (Lipinski definition) is 4. The number of anilines is 1. The molecule has 0 radical (unpaired) electrons. The fourth-order valence-corrected chi connectivity index (χ4v) is 1.87. The Morgan fingerprint density at radius 1 is 1.17 bits per heavy atom. The van der Waals surface area contributed by atoms with E-state index in [2.05, 4.69) is 10.6 Å². The van der Waals surface area contributed by atoms with E-state index in [9.17, 15) is 9.90 Å². The third-order valence-electron chi connectivity index (χ3n) is 2.98. The first-order valence-electron chi connectivity index (χ1n) is 6.77. The first kappa shape index (κ1) is 16.4. The highest BCUT2D eigenvalue weighted by Gasteiger charge is 2.08. The summed E-state index contributed by atoms with van der Waals surface area (Å²) in [4.78, 5) is 12.0. The molecule has 2 rings (SSSR count). The van der Waals surface area contributed by atoms with Crippen molar-refractivity contribution in [2.75, 3.05) is 5.32 Å². The molecule has 0 unspecified atom stereocenters. The van der Waals surface area contributed by atoms with Gasteiger partial charge < -0.3 is 15.7 Å². The average Bonchev–Trinajstić information content (AvgIpc) is 2.56. The Balaban J connectivity index is 1.95. The van der Waals surface area contributed by atoms with E-state index < -0.39 is 5.91 Å². The van der Waals surface area contributed by atoms with Gasteiger partial charge in [0.1, 0.15) is 17.4 Å². The van der Waals surface area contributed by atoms with E-state index in [1.54, 1.807) is 36.4 Å². The quantitative estimate of drug-likeness (QED) is 0.447. The molecule has 1 amide bonds. The topological polar surface area (TPSA) is 85.2 Å². The fourth-order valence-electron chi connectivity index (χ4n) is 1.74. The number of amides is 1. The molecule has 0 heterocycles. The fraction of sp³-hybridized carbons (Fsp3) is 0.0588. The lowest BCUT2D eigenvalue weighted by Gasteiger charge is -2.06. The van der Waals surface area contributed by atoms with E-state index in [-0.39, 0.29) is 11.3 Å².